The van der Waals surface area contributed by atoms with E-state index in [1.165, 1.54) is 6.08 Å². The topological polar surface area (TPSA) is 112 Å². The van der Waals surface area contributed by atoms with E-state index in [-0.39, 0.29) is 11.3 Å². The number of nitrogens with one attached hydrogen (secondary N) is 1. The fourth-order valence-electron chi connectivity index (χ4n) is 3.05. The van der Waals surface area contributed by atoms with Gasteiger partial charge in [0.05, 0.1) is 24.6 Å². The molecule has 8 nitrogen and oxygen atoms in total. The molecule has 1 fully saturated rings. The molecule has 0 spiro atoms. The maximum atomic E-state index is 12.8. The van der Waals surface area contributed by atoms with Crippen molar-refractivity contribution < 1.29 is 24.2 Å². The number of amides is 1. The Kier molecular flexibility index (Phi) is 7.49. The van der Waals surface area contributed by atoms with Crippen molar-refractivity contribution >= 4 is 40.9 Å². The van der Waals surface area contributed by atoms with Gasteiger partial charge in [0.25, 0.3) is 5.91 Å². The molecule has 2 aromatic rings. The van der Waals surface area contributed by atoms with Gasteiger partial charge in [-0.05, 0) is 30.3 Å². The number of carboxylic acids is 1. The van der Waals surface area contributed by atoms with Crippen molar-refractivity contribution in [2.24, 2.45) is 0 Å². The molecule has 0 unspecified atom stereocenters. The largest absolute Gasteiger partial charge is 0.481 e. The molecule has 2 aromatic carbocycles. The number of rotatable bonds is 7. The van der Waals surface area contributed by atoms with Gasteiger partial charge in [-0.25, -0.2) is 4.79 Å². The molecule has 1 heterocycles. The molecule has 0 aromatic heterocycles. The minimum atomic E-state index is -1.13. The number of hydrogen-bond donors (Lipinski definition) is 2. The van der Waals surface area contributed by atoms with Gasteiger partial charge in [0.2, 0.25) is 0 Å². The number of carbonyl (C=O) groups excluding carboxylic acids is 1. The number of carboxylic acid groups (broad SMARTS) is 1. The van der Waals surface area contributed by atoms with Crippen LogP contribution in [-0.2, 0) is 14.3 Å². The average molecular weight is 442 g/mol. The van der Waals surface area contributed by atoms with Crippen LogP contribution in [0.1, 0.15) is 5.56 Å². The number of halogens is 1. The van der Waals surface area contributed by atoms with Crippen LogP contribution in [0.25, 0.3) is 6.08 Å². The van der Waals surface area contributed by atoms with Crippen LogP contribution >= 0.6 is 11.6 Å². The zero-order valence-corrected chi connectivity index (χ0v) is 17.3. The molecule has 9 heteroatoms. The van der Waals surface area contributed by atoms with Crippen LogP contribution in [0.5, 0.6) is 5.75 Å². The lowest BCUT2D eigenvalue weighted by molar-refractivity contribution is -0.139. The molecule has 160 valence electrons. The first-order valence-corrected chi connectivity index (χ1v) is 9.84. The molecule has 1 amide bonds. The molecule has 1 aliphatic heterocycles. The zero-order chi connectivity index (χ0) is 22.2. The second kappa shape index (κ2) is 10.5. The molecule has 0 aliphatic carbocycles. The van der Waals surface area contributed by atoms with Crippen LogP contribution in [0.2, 0.25) is 5.02 Å². The Bertz CT molecular complexity index is 1040. The summed E-state index contributed by atoms with van der Waals surface area (Å²) in [4.78, 5) is 25.7. The van der Waals surface area contributed by atoms with Gasteiger partial charge in [-0.2, -0.15) is 5.26 Å². The molecule has 0 saturated carbocycles. The highest BCUT2D eigenvalue weighted by molar-refractivity contribution is 6.31. The Morgan fingerprint density at radius 2 is 2.00 bits per heavy atom. The number of benzene rings is 2. The number of ether oxygens (including phenoxy) is 2. The van der Waals surface area contributed by atoms with E-state index < -0.39 is 18.5 Å². The molecule has 31 heavy (non-hydrogen) atoms. The minimum Gasteiger partial charge on any atom is -0.481 e. The first kappa shape index (κ1) is 22.2. The van der Waals surface area contributed by atoms with Crippen molar-refractivity contribution in [1.29, 1.82) is 5.26 Å². The van der Waals surface area contributed by atoms with E-state index >= 15 is 0 Å². The Balaban J connectivity index is 1.85. The van der Waals surface area contributed by atoms with E-state index in [1.54, 1.807) is 36.4 Å². The average Bonchev–Trinajstić information content (AvgIpc) is 2.77. The third-order valence-corrected chi connectivity index (χ3v) is 4.73. The summed E-state index contributed by atoms with van der Waals surface area (Å²) in [5.74, 6) is -1.50. The lowest BCUT2D eigenvalue weighted by atomic mass is 10.1. The summed E-state index contributed by atoms with van der Waals surface area (Å²) < 4.78 is 10.6. The molecule has 3 rings (SSSR count). The van der Waals surface area contributed by atoms with Gasteiger partial charge < -0.3 is 24.8 Å². The summed E-state index contributed by atoms with van der Waals surface area (Å²) in [7, 11) is 0. The lowest BCUT2D eigenvalue weighted by Crippen LogP contribution is -2.36. The Labute approximate surface area is 184 Å². The molecule has 1 aliphatic rings. The maximum Gasteiger partial charge on any atom is 0.341 e. The predicted molar refractivity (Wildman–Crippen MR) is 116 cm³/mol. The van der Waals surface area contributed by atoms with Crippen LogP contribution in [0.3, 0.4) is 0 Å². The maximum absolute atomic E-state index is 12.8. The van der Waals surface area contributed by atoms with Gasteiger partial charge in [0.1, 0.15) is 17.4 Å². The van der Waals surface area contributed by atoms with E-state index in [4.69, 9.17) is 26.2 Å². The molecule has 2 N–H and O–H groups in total. The van der Waals surface area contributed by atoms with Crippen molar-refractivity contribution in [2.75, 3.05) is 43.1 Å². The van der Waals surface area contributed by atoms with Crippen LogP contribution < -0.4 is 15.0 Å². The summed E-state index contributed by atoms with van der Waals surface area (Å²) in [5.41, 5.74) is 1.51. The first-order valence-electron chi connectivity index (χ1n) is 9.47. The second-order valence-corrected chi connectivity index (χ2v) is 7.04. The third kappa shape index (κ3) is 5.98. The SMILES string of the molecule is N#C/C(=C\c1ccccc1OCC(=O)O)C(=O)Nc1cc(Cl)ccc1N1CCOCC1. The highest BCUT2D eigenvalue weighted by atomic mass is 35.5. The molecule has 0 atom stereocenters. The van der Waals surface area contributed by atoms with E-state index in [0.717, 1.165) is 5.69 Å². The number of nitrogens with zero attached hydrogens (tertiary/aromatic N) is 2. The predicted octanol–water partition coefficient (Wildman–Crippen LogP) is 3.19. The Morgan fingerprint density at radius 1 is 1.26 bits per heavy atom. The second-order valence-electron chi connectivity index (χ2n) is 6.61. The Hall–Kier alpha value is -3.54. The summed E-state index contributed by atoms with van der Waals surface area (Å²) in [5, 5.41) is 21.6. The Morgan fingerprint density at radius 3 is 2.71 bits per heavy atom. The van der Waals surface area contributed by atoms with Crippen LogP contribution in [0, 0.1) is 11.3 Å². The van der Waals surface area contributed by atoms with E-state index in [0.29, 0.717) is 42.6 Å². The zero-order valence-electron chi connectivity index (χ0n) is 16.5. The van der Waals surface area contributed by atoms with Gasteiger partial charge in [-0.1, -0.05) is 29.8 Å². The summed E-state index contributed by atoms with van der Waals surface area (Å²) in [6.45, 7) is 1.95. The van der Waals surface area contributed by atoms with Gasteiger partial charge >= 0.3 is 5.97 Å². The number of aliphatic carboxylic acids is 1. The third-order valence-electron chi connectivity index (χ3n) is 4.49. The molecule has 0 bridgehead atoms. The smallest absolute Gasteiger partial charge is 0.341 e. The quantitative estimate of drug-likeness (QED) is 0.501. The number of morpholine rings is 1. The molecule has 1 saturated heterocycles. The summed E-state index contributed by atoms with van der Waals surface area (Å²) in [6.07, 6.45) is 1.35. The minimum absolute atomic E-state index is 0.167. The van der Waals surface area contributed by atoms with Gasteiger partial charge in [0, 0.05) is 23.7 Å². The number of nitriles is 1. The number of carbonyl (C=O) groups is 2. The normalized spacial score (nSPS) is 13.9. The van der Waals surface area contributed by atoms with Crippen LogP contribution in [0.15, 0.2) is 48.0 Å². The fourth-order valence-corrected chi connectivity index (χ4v) is 3.22. The van der Waals surface area contributed by atoms with E-state index in [9.17, 15) is 14.9 Å². The van der Waals surface area contributed by atoms with Crippen molar-refractivity contribution in [3.63, 3.8) is 0 Å². The van der Waals surface area contributed by atoms with Crippen molar-refractivity contribution in [1.82, 2.24) is 0 Å². The van der Waals surface area contributed by atoms with Crippen LogP contribution in [0.4, 0.5) is 11.4 Å². The number of hydrogen-bond acceptors (Lipinski definition) is 6. The van der Waals surface area contributed by atoms with E-state index in [2.05, 4.69) is 10.2 Å². The van der Waals surface area contributed by atoms with Crippen molar-refractivity contribution in [3.05, 3.63) is 58.6 Å². The molecule has 0 radical (unpaired) electrons. The molecular weight excluding hydrogens is 422 g/mol. The fraction of sp³-hybridized carbons (Fsp3) is 0.227. The van der Waals surface area contributed by atoms with Crippen molar-refractivity contribution in [3.8, 4) is 11.8 Å². The summed E-state index contributed by atoms with van der Waals surface area (Å²) in [6, 6.07) is 13.6. The number of anilines is 2. The van der Waals surface area contributed by atoms with E-state index in [1.807, 2.05) is 12.1 Å². The lowest BCUT2D eigenvalue weighted by Gasteiger charge is -2.30. The molecular formula is C22H20ClN3O5. The number of para-hydroxylation sites is 1. The van der Waals surface area contributed by atoms with Gasteiger partial charge in [0.15, 0.2) is 6.61 Å². The highest BCUT2D eigenvalue weighted by Gasteiger charge is 2.18. The van der Waals surface area contributed by atoms with Crippen molar-refractivity contribution in [2.45, 2.75) is 0 Å². The summed E-state index contributed by atoms with van der Waals surface area (Å²) >= 11 is 6.12. The monoisotopic (exact) mass is 441 g/mol. The van der Waals surface area contributed by atoms with Gasteiger partial charge in [-0.15, -0.1) is 0 Å². The standard InChI is InChI=1S/C22H20ClN3O5/c23-17-5-6-19(26-7-9-30-10-8-26)18(12-17)25-22(29)16(13-24)11-15-3-1-2-4-20(15)31-14-21(27)28/h1-6,11-12H,7-10,14H2,(H,25,29)(H,27,28)/b16-11+. The highest BCUT2D eigenvalue weighted by Crippen LogP contribution is 2.30. The first-order chi connectivity index (χ1) is 15.0. The van der Waals surface area contributed by atoms with Gasteiger partial charge in [-0.3, -0.25) is 4.79 Å². The van der Waals surface area contributed by atoms with Crippen LogP contribution in [-0.4, -0.2) is 49.9 Å².